The van der Waals surface area contributed by atoms with Crippen LogP contribution < -0.4 is 5.32 Å². The van der Waals surface area contributed by atoms with Crippen molar-refractivity contribution >= 4 is 16.8 Å². The maximum Gasteiger partial charge on any atom is 0.267 e. The monoisotopic (exact) mass is 302 g/mol. The van der Waals surface area contributed by atoms with Gasteiger partial charge < -0.3 is 14.4 Å². The number of aromatic nitrogens is 3. The molecular formula is C15H15FN4O2. The molecule has 22 heavy (non-hydrogen) atoms. The van der Waals surface area contributed by atoms with Crippen molar-refractivity contribution in [3.8, 4) is 0 Å². The minimum absolute atomic E-state index is 0.223. The van der Waals surface area contributed by atoms with Gasteiger partial charge in [-0.05, 0) is 24.3 Å². The number of nitrogens with zero attached hydrogens (tertiary/aromatic N) is 3. The molecule has 0 fully saturated rings. The molecule has 0 spiro atoms. The summed E-state index contributed by atoms with van der Waals surface area (Å²) in [5, 5.41) is 7.26. The quantitative estimate of drug-likeness (QED) is 0.800. The largest absolute Gasteiger partial charge is 0.350 e. The van der Waals surface area contributed by atoms with Crippen LogP contribution in [0.1, 0.15) is 22.2 Å². The highest BCUT2D eigenvalue weighted by Gasteiger charge is 2.13. The van der Waals surface area contributed by atoms with E-state index in [9.17, 15) is 9.18 Å². The van der Waals surface area contributed by atoms with Gasteiger partial charge in [0.25, 0.3) is 5.91 Å². The molecule has 7 heteroatoms. The number of aryl methyl sites for hydroxylation is 2. The van der Waals surface area contributed by atoms with E-state index < -0.39 is 0 Å². The topological polar surface area (TPSA) is 73.0 Å². The second-order valence-electron chi connectivity index (χ2n) is 5.03. The summed E-state index contributed by atoms with van der Waals surface area (Å²) in [6.45, 7) is 2.11. The molecule has 0 unspecified atom stereocenters. The van der Waals surface area contributed by atoms with E-state index in [1.807, 2.05) is 0 Å². The van der Waals surface area contributed by atoms with Crippen molar-refractivity contribution in [3.05, 3.63) is 47.5 Å². The van der Waals surface area contributed by atoms with Crippen LogP contribution in [-0.2, 0) is 13.5 Å². The third kappa shape index (κ3) is 2.69. The van der Waals surface area contributed by atoms with Gasteiger partial charge >= 0.3 is 0 Å². The molecule has 114 valence electrons. The van der Waals surface area contributed by atoms with Gasteiger partial charge in [0.15, 0.2) is 5.82 Å². The van der Waals surface area contributed by atoms with E-state index in [-0.39, 0.29) is 11.7 Å². The summed E-state index contributed by atoms with van der Waals surface area (Å²) >= 11 is 0. The third-order valence-electron chi connectivity index (χ3n) is 3.44. The molecule has 6 nitrogen and oxygen atoms in total. The summed E-state index contributed by atoms with van der Waals surface area (Å²) in [6.07, 6.45) is 0.488. The molecule has 2 aromatic heterocycles. The molecule has 1 aromatic carbocycles. The Morgan fingerprint density at radius 2 is 2.23 bits per heavy atom. The smallest absolute Gasteiger partial charge is 0.267 e. The second-order valence-corrected chi connectivity index (χ2v) is 5.03. The van der Waals surface area contributed by atoms with Crippen LogP contribution in [0.2, 0.25) is 0 Å². The Bertz CT molecular complexity index is 837. The minimum Gasteiger partial charge on any atom is -0.350 e. The summed E-state index contributed by atoms with van der Waals surface area (Å²) in [7, 11) is 1.78. The SMILES string of the molecule is Cc1nc(CCNC(=O)c2cc3cc(F)ccc3n2C)no1. The Balaban J connectivity index is 1.70. The molecule has 2 heterocycles. The van der Waals surface area contributed by atoms with E-state index in [0.29, 0.717) is 35.8 Å². The lowest BCUT2D eigenvalue weighted by Gasteiger charge is -2.05. The van der Waals surface area contributed by atoms with Crippen molar-refractivity contribution in [3.63, 3.8) is 0 Å². The van der Waals surface area contributed by atoms with E-state index >= 15 is 0 Å². The third-order valence-corrected chi connectivity index (χ3v) is 3.44. The van der Waals surface area contributed by atoms with E-state index in [1.165, 1.54) is 12.1 Å². The highest BCUT2D eigenvalue weighted by molar-refractivity contribution is 5.98. The van der Waals surface area contributed by atoms with Gasteiger partial charge in [0.2, 0.25) is 5.89 Å². The zero-order valence-electron chi connectivity index (χ0n) is 12.3. The molecule has 3 aromatic rings. The predicted molar refractivity (Wildman–Crippen MR) is 77.9 cm³/mol. The van der Waals surface area contributed by atoms with Crippen LogP contribution in [-0.4, -0.2) is 27.2 Å². The van der Waals surface area contributed by atoms with Crippen molar-refractivity contribution in [1.82, 2.24) is 20.0 Å². The average Bonchev–Trinajstić information content (AvgIpc) is 3.03. The Morgan fingerprint density at radius 3 is 2.95 bits per heavy atom. The van der Waals surface area contributed by atoms with Gasteiger partial charge in [0.05, 0.1) is 0 Å². The van der Waals surface area contributed by atoms with Crippen LogP contribution in [0.15, 0.2) is 28.8 Å². The molecule has 0 bridgehead atoms. The first-order chi connectivity index (χ1) is 10.5. The summed E-state index contributed by atoms with van der Waals surface area (Å²) in [5.74, 6) is 0.505. The predicted octanol–water partition coefficient (Wildman–Crippen LogP) is 1.98. The van der Waals surface area contributed by atoms with Gasteiger partial charge in [-0.25, -0.2) is 4.39 Å². The number of amides is 1. The van der Waals surface area contributed by atoms with Crippen LogP contribution >= 0.6 is 0 Å². The lowest BCUT2D eigenvalue weighted by Crippen LogP contribution is -2.27. The fourth-order valence-corrected chi connectivity index (χ4v) is 2.36. The van der Waals surface area contributed by atoms with Gasteiger partial charge in [0, 0.05) is 37.8 Å². The van der Waals surface area contributed by atoms with Gasteiger partial charge in [0.1, 0.15) is 11.5 Å². The second kappa shape index (κ2) is 5.59. The molecule has 0 aliphatic carbocycles. The fraction of sp³-hybridized carbons (Fsp3) is 0.267. The highest BCUT2D eigenvalue weighted by Crippen LogP contribution is 2.19. The van der Waals surface area contributed by atoms with Crippen LogP contribution in [0.4, 0.5) is 4.39 Å². The highest BCUT2D eigenvalue weighted by atomic mass is 19.1. The first kappa shape index (κ1) is 14.2. The Kier molecular flexibility index (Phi) is 3.62. The van der Waals surface area contributed by atoms with E-state index in [0.717, 1.165) is 5.52 Å². The molecule has 0 aliphatic heterocycles. The van der Waals surface area contributed by atoms with Crippen LogP contribution in [0.25, 0.3) is 10.9 Å². The van der Waals surface area contributed by atoms with Crippen molar-refractivity contribution < 1.29 is 13.7 Å². The molecule has 0 atom stereocenters. The molecule has 0 saturated carbocycles. The number of hydrogen-bond donors (Lipinski definition) is 1. The van der Waals surface area contributed by atoms with Crippen LogP contribution in [0, 0.1) is 12.7 Å². The van der Waals surface area contributed by atoms with E-state index in [4.69, 9.17) is 4.52 Å². The van der Waals surface area contributed by atoms with Gasteiger partial charge in [-0.1, -0.05) is 5.16 Å². The fourth-order valence-electron chi connectivity index (χ4n) is 2.36. The maximum atomic E-state index is 13.2. The molecule has 1 amide bonds. The van der Waals surface area contributed by atoms with Crippen molar-refractivity contribution in [2.24, 2.45) is 7.05 Å². The Morgan fingerprint density at radius 1 is 1.41 bits per heavy atom. The van der Waals surface area contributed by atoms with Gasteiger partial charge in [-0.2, -0.15) is 4.98 Å². The number of carbonyl (C=O) groups is 1. The van der Waals surface area contributed by atoms with Crippen molar-refractivity contribution in [2.75, 3.05) is 6.54 Å². The summed E-state index contributed by atoms with van der Waals surface area (Å²) < 4.78 is 19.8. The number of fused-ring (bicyclic) bond motifs is 1. The normalized spacial score (nSPS) is 11.0. The molecule has 0 aliphatic rings. The minimum atomic E-state index is -0.322. The van der Waals surface area contributed by atoms with E-state index in [1.54, 1.807) is 30.7 Å². The summed E-state index contributed by atoms with van der Waals surface area (Å²) in [5.41, 5.74) is 1.28. The van der Waals surface area contributed by atoms with Crippen LogP contribution in [0.5, 0.6) is 0 Å². The number of halogens is 1. The standard InChI is InChI=1S/C15H15FN4O2/c1-9-18-14(19-22-9)5-6-17-15(21)13-8-10-7-11(16)3-4-12(10)20(13)2/h3-4,7-8H,5-6H2,1-2H3,(H,17,21). The molecule has 0 saturated heterocycles. The Labute approximate surface area is 125 Å². The summed E-state index contributed by atoms with van der Waals surface area (Å²) in [4.78, 5) is 16.3. The summed E-state index contributed by atoms with van der Waals surface area (Å²) in [6, 6.07) is 6.12. The number of hydrogen-bond acceptors (Lipinski definition) is 4. The zero-order valence-corrected chi connectivity index (χ0v) is 12.3. The molecule has 1 N–H and O–H groups in total. The van der Waals surface area contributed by atoms with Gasteiger partial charge in [-0.15, -0.1) is 0 Å². The number of benzene rings is 1. The van der Waals surface area contributed by atoms with Crippen molar-refractivity contribution in [1.29, 1.82) is 0 Å². The molecule has 0 radical (unpaired) electrons. The van der Waals surface area contributed by atoms with E-state index in [2.05, 4.69) is 15.5 Å². The maximum absolute atomic E-state index is 13.2. The number of rotatable bonds is 4. The lowest BCUT2D eigenvalue weighted by atomic mass is 10.2. The lowest BCUT2D eigenvalue weighted by molar-refractivity contribution is 0.0946. The average molecular weight is 302 g/mol. The van der Waals surface area contributed by atoms with Crippen LogP contribution in [0.3, 0.4) is 0 Å². The van der Waals surface area contributed by atoms with Crippen molar-refractivity contribution in [2.45, 2.75) is 13.3 Å². The molecular weight excluding hydrogens is 287 g/mol. The first-order valence-corrected chi connectivity index (χ1v) is 6.87. The Hall–Kier alpha value is -2.70. The number of carbonyl (C=O) groups excluding carboxylic acids is 1. The first-order valence-electron chi connectivity index (χ1n) is 6.87. The number of nitrogens with one attached hydrogen (secondary N) is 1. The van der Waals surface area contributed by atoms with Gasteiger partial charge in [-0.3, -0.25) is 4.79 Å². The zero-order chi connectivity index (χ0) is 15.7. The molecule has 3 rings (SSSR count).